The maximum Gasteiger partial charge on any atom is 0.0983 e. The third-order valence-corrected chi connectivity index (χ3v) is 6.02. The van der Waals surface area contributed by atoms with Crippen LogP contribution in [0.25, 0.3) is 16.9 Å². The van der Waals surface area contributed by atoms with E-state index < -0.39 is 0 Å². The predicted molar refractivity (Wildman–Crippen MR) is 135 cm³/mol. The Morgan fingerprint density at radius 2 is 1.59 bits per heavy atom. The first-order valence-corrected chi connectivity index (χ1v) is 11.5. The van der Waals surface area contributed by atoms with Gasteiger partial charge in [-0.05, 0) is 43.7 Å². The molecule has 0 saturated carbocycles. The fourth-order valence-electron chi connectivity index (χ4n) is 4.26. The van der Waals surface area contributed by atoms with Gasteiger partial charge in [-0.25, -0.2) is 4.68 Å². The van der Waals surface area contributed by atoms with Crippen LogP contribution in [0.5, 0.6) is 0 Å². The van der Waals surface area contributed by atoms with Gasteiger partial charge in [-0.2, -0.15) is 10.2 Å². The Hall–Kier alpha value is -4.03. The highest BCUT2D eigenvalue weighted by atomic mass is 15.3. The molecule has 0 aliphatic carbocycles. The number of para-hydroxylation sites is 1. The van der Waals surface area contributed by atoms with Gasteiger partial charge in [0.25, 0.3) is 0 Å². The lowest BCUT2D eigenvalue weighted by atomic mass is 10.1. The number of hydrogen-bond donors (Lipinski definition) is 1. The van der Waals surface area contributed by atoms with Gasteiger partial charge in [-0.3, -0.25) is 9.67 Å². The molecule has 2 aromatic carbocycles. The molecule has 0 bridgehead atoms. The normalized spacial score (nSPS) is 11.1. The van der Waals surface area contributed by atoms with E-state index in [-0.39, 0.29) is 0 Å². The molecule has 0 amide bonds. The van der Waals surface area contributed by atoms with Crippen molar-refractivity contribution < 1.29 is 0 Å². The molecule has 0 aliphatic heterocycles. The minimum atomic E-state index is 0.703. The molecule has 0 atom stereocenters. The van der Waals surface area contributed by atoms with Gasteiger partial charge < -0.3 is 5.32 Å². The molecular formula is C28H28N6. The summed E-state index contributed by atoms with van der Waals surface area (Å²) in [5, 5.41) is 13.3. The van der Waals surface area contributed by atoms with Gasteiger partial charge in [0.2, 0.25) is 0 Å². The van der Waals surface area contributed by atoms with Gasteiger partial charge in [0.15, 0.2) is 0 Å². The second-order valence-electron chi connectivity index (χ2n) is 8.43. The Bertz CT molecular complexity index is 1350. The van der Waals surface area contributed by atoms with Crippen LogP contribution in [0.15, 0.2) is 91.4 Å². The zero-order chi connectivity index (χ0) is 23.3. The largest absolute Gasteiger partial charge is 0.308 e. The highest BCUT2D eigenvalue weighted by Crippen LogP contribution is 2.23. The molecule has 6 nitrogen and oxygen atoms in total. The third kappa shape index (κ3) is 4.67. The zero-order valence-electron chi connectivity index (χ0n) is 19.5. The summed E-state index contributed by atoms with van der Waals surface area (Å²) >= 11 is 0. The van der Waals surface area contributed by atoms with Crippen molar-refractivity contribution in [2.24, 2.45) is 0 Å². The molecule has 0 radical (unpaired) electrons. The molecule has 34 heavy (non-hydrogen) atoms. The van der Waals surface area contributed by atoms with Crippen LogP contribution < -0.4 is 5.32 Å². The topological polar surface area (TPSA) is 60.6 Å². The molecule has 0 spiro atoms. The average molecular weight is 449 g/mol. The molecule has 0 aliphatic rings. The number of aromatic nitrogens is 5. The third-order valence-electron chi connectivity index (χ3n) is 6.02. The Morgan fingerprint density at radius 1 is 0.824 bits per heavy atom. The van der Waals surface area contributed by atoms with Crippen LogP contribution in [0.3, 0.4) is 0 Å². The van der Waals surface area contributed by atoms with E-state index in [4.69, 9.17) is 10.2 Å². The number of benzene rings is 2. The van der Waals surface area contributed by atoms with Gasteiger partial charge in [0.1, 0.15) is 0 Å². The van der Waals surface area contributed by atoms with Crippen molar-refractivity contribution in [2.45, 2.75) is 33.5 Å². The van der Waals surface area contributed by atoms with E-state index in [9.17, 15) is 0 Å². The van der Waals surface area contributed by atoms with E-state index in [1.54, 1.807) is 6.20 Å². The number of hydrogen-bond acceptors (Lipinski definition) is 4. The van der Waals surface area contributed by atoms with Crippen LogP contribution in [0, 0.1) is 13.8 Å². The van der Waals surface area contributed by atoms with Crippen molar-refractivity contribution in [3.8, 4) is 16.9 Å². The first-order chi connectivity index (χ1) is 16.7. The highest BCUT2D eigenvalue weighted by molar-refractivity contribution is 5.61. The van der Waals surface area contributed by atoms with E-state index in [1.807, 2.05) is 45.9 Å². The van der Waals surface area contributed by atoms with Crippen LogP contribution in [0.4, 0.5) is 0 Å². The van der Waals surface area contributed by atoms with Gasteiger partial charge in [0, 0.05) is 54.1 Å². The van der Waals surface area contributed by atoms with Crippen molar-refractivity contribution in [1.82, 2.24) is 29.9 Å². The molecule has 1 N–H and O–H groups in total. The molecule has 0 unspecified atom stereocenters. The standard InChI is InChI=1S/C28H28N6/c1-21-27(22(2)34(31-21)26-13-7-4-8-14-26)18-30-17-25-20-33(19-23-10-5-3-6-11-23)32-28(25)24-12-9-15-29-16-24/h3-16,20,30H,17-19H2,1-2H3. The number of nitrogens with zero attached hydrogens (tertiary/aromatic N) is 5. The second-order valence-corrected chi connectivity index (χ2v) is 8.43. The smallest absolute Gasteiger partial charge is 0.0983 e. The van der Waals surface area contributed by atoms with Crippen LogP contribution in [0.1, 0.15) is 28.1 Å². The molecule has 6 heteroatoms. The molecular weight excluding hydrogens is 420 g/mol. The van der Waals surface area contributed by atoms with Crippen molar-refractivity contribution in [3.63, 3.8) is 0 Å². The quantitative estimate of drug-likeness (QED) is 0.359. The lowest BCUT2D eigenvalue weighted by molar-refractivity contribution is 0.675. The van der Waals surface area contributed by atoms with Gasteiger partial charge in [-0.1, -0.05) is 48.5 Å². The van der Waals surface area contributed by atoms with Crippen molar-refractivity contribution in [1.29, 1.82) is 0 Å². The van der Waals surface area contributed by atoms with Crippen molar-refractivity contribution >= 4 is 0 Å². The molecule has 5 aromatic rings. The lowest BCUT2D eigenvalue weighted by Gasteiger charge is -2.07. The van der Waals surface area contributed by atoms with Crippen molar-refractivity contribution in [2.75, 3.05) is 0 Å². The summed E-state index contributed by atoms with van der Waals surface area (Å²) in [6.07, 6.45) is 5.80. The maximum atomic E-state index is 4.90. The summed E-state index contributed by atoms with van der Waals surface area (Å²) in [5.41, 5.74) is 8.86. The van der Waals surface area contributed by atoms with Crippen LogP contribution >= 0.6 is 0 Å². The number of nitrogens with one attached hydrogen (secondary N) is 1. The molecule has 0 saturated heterocycles. The fraction of sp³-hybridized carbons (Fsp3) is 0.179. The molecule has 170 valence electrons. The average Bonchev–Trinajstić information content (AvgIpc) is 3.41. The highest BCUT2D eigenvalue weighted by Gasteiger charge is 2.15. The van der Waals surface area contributed by atoms with E-state index in [1.165, 1.54) is 11.1 Å². The molecule has 0 fully saturated rings. The van der Waals surface area contributed by atoms with Crippen LogP contribution in [-0.4, -0.2) is 24.5 Å². The molecule has 3 aromatic heterocycles. The Morgan fingerprint density at radius 3 is 2.32 bits per heavy atom. The van der Waals surface area contributed by atoms with Gasteiger partial charge >= 0.3 is 0 Å². The zero-order valence-corrected chi connectivity index (χ0v) is 19.5. The summed E-state index contributed by atoms with van der Waals surface area (Å²) in [7, 11) is 0. The van der Waals surface area contributed by atoms with E-state index >= 15 is 0 Å². The number of rotatable bonds is 8. The van der Waals surface area contributed by atoms with Gasteiger partial charge in [0.05, 0.1) is 23.6 Å². The van der Waals surface area contributed by atoms with Crippen molar-refractivity contribution in [3.05, 3.63) is 119 Å². The first-order valence-electron chi connectivity index (χ1n) is 11.5. The summed E-state index contributed by atoms with van der Waals surface area (Å²) in [5.74, 6) is 0. The molecule has 3 heterocycles. The minimum Gasteiger partial charge on any atom is -0.308 e. The fourth-order valence-corrected chi connectivity index (χ4v) is 4.26. The molecule has 5 rings (SSSR count). The summed E-state index contributed by atoms with van der Waals surface area (Å²) in [6.45, 7) is 6.37. The Kier molecular flexibility index (Phi) is 6.31. The lowest BCUT2D eigenvalue weighted by Crippen LogP contribution is -2.14. The van der Waals surface area contributed by atoms with Crippen LogP contribution in [-0.2, 0) is 19.6 Å². The minimum absolute atomic E-state index is 0.703. The number of pyridine rings is 1. The first kappa shape index (κ1) is 21.8. The maximum absolute atomic E-state index is 4.90. The van der Waals surface area contributed by atoms with E-state index in [2.05, 4.69) is 72.8 Å². The van der Waals surface area contributed by atoms with Crippen LogP contribution in [0.2, 0.25) is 0 Å². The van der Waals surface area contributed by atoms with E-state index in [0.29, 0.717) is 6.54 Å². The SMILES string of the molecule is Cc1nn(-c2ccccc2)c(C)c1CNCc1cn(Cc2ccccc2)nc1-c1cccnc1. The number of aryl methyl sites for hydroxylation is 1. The Balaban J connectivity index is 1.36. The monoisotopic (exact) mass is 448 g/mol. The van der Waals surface area contributed by atoms with E-state index in [0.717, 1.165) is 47.0 Å². The summed E-state index contributed by atoms with van der Waals surface area (Å²) < 4.78 is 4.03. The predicted octanol–water partition coefficient (Wildman–Crippen LogP) is 5.09. The summed E-state index contributed by atoms with van der Waals surface area (Å²) in [4.78, 5) is 4.30. The van der Waals surface area contributed by atoms with Gasteiger partial charge in [-0.15, -0.1) is 0 Å². The summed E-state index contributed by atoms with van der Waals surface area (Å²) in [6, 6.07) is 24.7. The Labute approximate surface area is 199 Å². The second kappa shape index (κ2) is 9.85.